The molecule has 0 unspecified atom stereocenters. The fourth-order valence-corrected chi connectivity index (χ4v) is 1.51. The maximum absolute atomic E-state index is 10.9. The Balaban J connectivity index is 3.23. The highest BCUT2D eigenvalue weighted by atomic mass is 79.9. The van der Waals surface area contributed by atoms with Gasteiger partial charge in [-0.05, 0) is 44.8 Å². The van der Waals surface area contributed by atoms with Crippen molar-refractivity contribution in [3.8, 4) is 0 Å². The third kappa shape index (κ3) is 2.10. The number of carbonyl (C=O) groups is 1. The molecular weight excluding hydrogens is 274 g/mol. The molecule has 0 N–H and O–H groups in total. The maximum Gasteiger partial charge on any atom is 0.161 e. The molecule has 0 aliphatic rings. The Labute approximate surface area is 81.3 Å². The van der Waals surface area contributed by atoms with Crippen molar-refractivity contribution >= 4 is 37.6 Å². The van der Waals surface area contributed by atoms with Crippen LogP contribution in [0.25, 0.3) is 0 Å². The predicted molar refractivity (Wildman–Crippen MR) is 49.6 cm³/mol. The van der Waals surface area contributed by atoms with E-state index in [4.69, 9.17) is 0 Å². The second-order valence-corrected chi connectivity index (χ2v) is 3.71. The summed E-state index contributed by atoms with van der Waals surface area (Å²) in [6.07, 6.45) is 1.60. The summed E-state index contributed by atoms with van der Waals surface area (Å²) in [6, 6.07) is 1.69. The third-order valence-electron chi connectivity index (χ3n) is 1.20. The quantitative estimate of drug-likeness (QED) is 0.584. The molecule has 1 rings (SSSR count). The van der Waals surface area contributed by atoms with Gasteiger partial charge in [0.25, 0.3) is 0 Å². The Kier molecular flexibility index (Phi) is 2.78. The molecule has 0 aliphatic heterocycles. The van der Waals surface area contributed by atoms with Crippen LogP contribution in [0.2, 0.25) is 0 Å². The van der Waals surface area contributed by atoms with Gasteiger partial charge < -0.3 is 0 Å². The molecule has 0 aliphatic carbocycles. The summed E-state index contributed by atoms with van der Waals surface area (Å²) in [6.45, 7) is 1.52. The van der Waals surface area contributed by atoms with Crippen LogP contribution in [0.1, 0.15) is 17.3 Å². The molecule has 0 aromatic carbocycles. The molecule has 2 nitrogen and oxygen atoms in total. The van der Waals surface area contributed by atoms with Crippen LogP contribution < -0.4 is 0 Å². The molecule has 4 heteroatoms. The smallest absolute Gasteiger partial charge is 0.161 e. The molecule has 0 atom stereocenters. The van der Waals surface area contributed by atoms with Crippen molar-refractivity contribution in [1.29, 1.82) is 0 Å². The number of hydrogen-bond acceptors (Lipinski definition) is 2. The Morgan fingerprint density at radius 1 is 1.55 bits per heavy atom. The molecular formula is C7H5Br2NO. The number of rotatable bonds is 1. The first-order chi connectivity index (χ1) is 5.11. The van der Waals surface area contributed by atoms with E-state index in [2.05, 4.69) is 36.8 Å². The number of hydrogen-bond donors (Lipinski definition) is 0. The molecule has 0 bridgehead atoms. The average molecular weight is 279 g/mol. The molecule has 0 fully saturated rings. The summed E-state index contributed by atoms with van der Waals surface area (Å²) >= 11 is 6.41. The number of pyridine rings is 1. The van der Waals surface area contributed by atoms with Gasteiger partial charge in [0.1, 0.15) is 4.60 Å². The molecule has 11 heavy (non-hydrogen) atoms. The summed E-state index contributed by atoms with van der Waals surface area (Å²) in [5.41, 5.74) is 0.645. The molecule has 0 saturated heterocycles. The van der Waals surface area contributed by atoms with Gasteiger partial charge in [0.2, 0.25) is 0 Å². The zero-order valence-electron chi connectivity index (χ0n) is 5.77. The number of nitrogens with zero attached hydrogens (tertiary/aromatic N) is 1. The predicted octanol–water partition coefficient (Wildman–Crippen LogP) is 2.81. The molecule has 1 aromatic rings. The highest BCUT2D eigenvalue weighted by Gasteiger charge is 2.05. The molecule has 1 heterocycles. The lowest BCUT2D eigenvalue weighted by molar-refractivity contribution is 0.101. The Hall–Kier alpha value is -0.220. The van der Waals surface area contributed by atoms with E-state index in [9.17, 15) is 4.79 Å². The van der Waals surface area contributed by atoms with Crippen LogP contribution in [0.3, 0.4) is 0 Å². The zero-order valence-corrected chi connectivity index (χ0v) is 8.94. The van der Waals surface area contributed by atoms with Crippen molar-refractivity contribution in [3.05, 3.63) is 26.9 Å². The van der Waals surface area contributed by atoms with E-state index in [1.54, 1.807) is 12.3 Å². The fraction of sp³-hybridized carbons (Fsp3) is 0.143. The number of aromatic nitrogens is 1. The highest BCUT2D eigenvalue weighted by molar-refractivity contribution is 9.11. The van der Waals surface area contributed by atoms with E-state index in [1.807, 2.05) is 0 Å². The van der Waals surface area contributed by atoms with Crippen LogP contribution in [-0.2, 0) is 0 Å². The standard InChI is InChI=1S/C7H5Br2NO/c1-4(11)5-2-7(9)10-3-6(5)8/h2-3H,1H3. The molecule has 0 amide bonds. The Bertz CT molecular complexity index is 298. The molecule has 58 valence electrons. The first-order valence-corrected chi connectivity index (χ1v) is 4.52. The SMILES string of the molecule is CC(=O)c1cc(Br)ncc1Br. The summed E-state index contributed by atoms with van der Waals surface area (Å²) in [5.74, 6) is 0.0278. The summed E-state index contributed by atoms with van der Waals surface area (Å²) in [4.78, 5) is 14.9. The second kappa shape index (κ2) is 3.45. The van der Waals surface area contributed by atoms with E-state index in [0.29, 0.717) is 10.2 Å². The Morgan fingerprint density at radius 2 is 2.18 bits per heavy atom. The molecule has 0 spiro atoms. The minimum Gasteiger partial charge on any atom is -0.294 e. The van der Waals surface area contributed by atoms with Crippen molar-refractivity contribution in [3.63, 3.8) is 0 Å². The van der Waals surface area contributed by atoms with Crippen molar-refractivity contribution in [2.24, 2.45) is 0 Å². The maximum atomic E-state index is 10.9. The van der Waals surface area contributed by atoms with E-state index in [1.165, 1.54) is 6.92 Å². The lowest BCUT2D eigenvalue weighted by atomic mass is 10.2. The lowest BCUT2D eigenvalue weighted by Crippen LogP contribution is -1.94. The van der Waals surface area contributed by atoms with Gasteiger partial charge in [-0.15, -0.1) is 0 Å². The van der Waals surface area contributed by atoms with Gasteiger partial charge in [0.15, 0.2) is 5.78 Å². The summed E-state index contributed by atoms with van der Waals surface area (Å²) < 4.78 is 1.40. The summed E-state index contributed by atoms with van der Waals surface area (Å²) in [5, 5.41) is 0. The van der Waals surface area contributed by atoms with Crippen molar-refractivity contribution < 1.29 is 4.79 Å². The fourth-order valence-electron chi connectivity index (χ4n) is 0.683. The minimum absolute atomic E-state index is 0.0278. The largest absolute Gasteiger partial charge is 0.294 e. The minimum atomic E-state index is 0.0278. The molecule has 1 aromatic heterocycles. The third-order valence-corrected chi connectivity index (χ3v) is 2.27. The van der Waals surface area contributed by atoms with Gasteiger partial charge in [0, 0.05) is 16.2 Å². The lowest BCUT2D eigenvalue weighted by Gasteiger charge is -1.98. The van der Waals surface area contributed by atoms with Crippen LogP contribution in [0, 0.1) is 0 Å². The topological polar surface area (TPSA) is 30.0 Å². The van der Waals surface area contributed by atoms with Crippen LogP contribution in [-0.4, -0.2) is 10.8 Å². The van der Waals surface area contributed by atoms with E-state index < -0.39 is 0 Å². The van der Waals surface area contributed by atoms with Crippen LogP contribution in [0.15, 0.2) is 21.3 Å². The van der Waals surface area contributed by atoms with Gasteiger partial charge in [-0.2, -0.15) is 0 Å². The van der Waals surface area contributed by atoms with Gasteiger partial charge in [-0.25, -0.2) is 4.98 Å². The number of Topliss-reactive ketones (excluding diaryl/α,β-unsaturated/α-hetero) is 1. The number of carbonyl (C=O) groups excluding carboxylic acids is 1. The van der Waals surface area contributed by atoms with Crippen LogP contribution in [0.5, 0.6) is 0 Å². The van der Waals surface area contributed by atoms with E-state index in [-0.39, 0.29) is 5.78 Å². The number of ketones is 1. The van der Waals surface area contributed by atoms with Gasteiger partial charge in [-0.1, -0.05) is 0 Å². The monoisotopic (exact) mass is 277 g/mol. The Morgan fingerprint density at radius 3 is 2.64 bits per heavy atom. The van der Waals surface area contributed by atoms with Gasteiger partial charge >= 0.3 is 0 Å². The van der Waals surface area contributed by atoms with Crippen molar-refractivity contribution in [2.75, 3.05) is 0 Å². The second-order valence-electron chi connectivity index (χ2n) is 2.04. The van der Waals surface area contributed by atoms with Crippen LogP contribution in [0.4, 0.5) is 0 Å². The summed E-state index contributed by atoms with van der Waals surface area (Å²) in [7, 11) is 0. The van der Waals surface area contributed by atoms with E-state index in [0.717, 1.165) is 4.47 Å². The zero-order chi connectivity index (χ0) is 8.43. The van der Waals surface area contributed by atoms with Gasteiger partial charge in [-0.3, -0.25) is 4.79 Å². The normalized spacial score (nSPS) is 9.73. The molecule has 0 saturated carbocycles. The molecule has 0 radical (unpaired) electrons. The van der Waals surface area contributed by atoms with Crippen LogP contribution >= 0.6 is 31.9 Å². The van der Waals surface area contributed by atoms with Crippen molar-refractivity contribution in [2.45, 2.75) is 6.92 Å². The average Bonchev–Trinajstić information content (AvgIpc) is 1.94. The van der Waals surface area contributed by atoms with Gasteiger partial charge in [0.05, 0.1) is 0 Å². The van der Waals surface area contributed by atoms with Crippen molar-refractivity contribution in [1.82, 2.24) is 4.98 Å². The van der Waals surface area contributed by atoms with E-state index >= 15 is 0 Å². The first-order valence-electron chi connectivity index (χ1n) is 2.93. The first kappa shape index (κ1) is 8.87. The highest BCUT2D eigenvalue weighted by Crippen LogP contribution is 2.19. The number of halogens is 2.